The Morgan fingerprint density at radius 2 is 1.89 bits per heavy atom. The SMILES string of the molecule is Cc1cccc([C@H]2O[C@H](CC(=O)NCCCC(=O)O)C(=O)N(CC(C)(C)CO)c3ccc(Cl)cc32)c1C. The quantitative estimate of drug-likeness (QED) is 0.397. The molecule has 0 fully saturated rings. The van der Waals surface area contributed by atoms with Crippen molar-refractivity contribution in [3.05, 3.63) is 63.7 Å². The van der Waals surface area contributed by atoms with Crippen LogP contribution in [0.25, 0.3) is 0 Å². The number of halogens is 1. The van der Waals surface area contributed by atoms with E-state index in [1.807, 2.05) is 45.9 Å². The molecular weight excluding hydrogens is 496 g/mol. The van der Waals surface area contributed by atoms with Crippen molar-refractivity contribution >= 4 is 35.1 Å². The third kappa shape index (κ3) is 7.09. The number of ether oxygens (including phenoxy) is 1. The van der Waals surface area contributed by atoms with Gasteiger partial charge in [0, 0.05) is 47.8 Å². The average molecular weight is 531 g/mol. The second-order valence-corrected chi connectivity index (χ2v) is 10.7. The lowest BCUT2D eigenvalue weighted by Gasteiger charge is -2.32. The molecule has 0 aromatic heterocycles. The van der Waals surface area contributed by atoms with Gasteiger partial charge in [-0.1, -0.05) is 43.6 Å². The number of aliphatic carboxylic acids is 1. The smallest absolute Gasteiger partial charge is 0.303 e. The topological polar surface area (TPSA) is 116 Å². The van der Waals surface area contributed by atoms with E-state index in [0.717, 1.165) is 16.7 Å². The molecule has 0 aliphatic carbocycles. The van der Waals surface area contributed by atoms with Gasteiger partial charge in [0.2, 0.25) is 5.91 Å². The Kier molecular flexibility index (Phi) is 9.34. The molecule has 37 heavy (non-hydrogen) atoms. The second-order valence-electron chi connectivity index (χ2n) is 10.3. The predicted molar refractivity (Wildman–Crippen MR) is 142 cm³/mol. The van der Waals surface area contributed by atoms with E-state index in [2.05, 4.69) is 5.32 Å². The standard InChI is InChI=1S/C28H35ClN2O6/c1-17-7-5-8-20(18(17)2)26-21-13-19(29)10-11-22(21)31(15-28(3,4)16-32)27(36)23(37-26)14-24(33)30-12-6-9-25(34)35/h5,7-8,10-11,13,23,26,32H,6,9,12,14-16H2,1-4H3,(H,30,33)(H,34,35)/t23-,26-/m1/s1. The first-order valence-electron chi connectivity index (χ1n) is 12.4. The van der Waals surface area contributed by atoms with Gasteiger partial charge in [-0.05, 0) is 55.2 Å². The molecule has 0 bridgehead atoms. The highest BCUT2D eigenvalue weighted by molar-refractivity contribution is 6.30. The number of hydrogen-bond acceptors (Lipinski definition) is 5. The zero-order chi connectivity index (χ0) is 27.3. The molecule has 1 heterocycles. The van der Waals surface area contributed by atoms with Crippen molar-refractivity contribution in [1.29, 1.82) is 0 Å². The number of carbonyl (C=O) groups excluding carboxylic acids is 2. The van der Waals surface area contributed by atoms with Gasteiger partial charge in [0.05, 0.1) is 6.42 Å². The van der Waals surface area contributed by atoms with Crippen LogP contribution in [0.5, 0.6) is 0 Å². The second kappa shape index (κ2) is 12.1. The maximum absolute atomic E-state index is 13.9. The number of aliphatic hydroxyl groups excluding tert-OH is 1. The zero-order valence-corrected chi connectivity index (χ0v) is 22.5. The molecule has 1 aliphatic heterocycles. The first-order valence-corrected chi connectivity index (χ1v) is 12.7. The van der Waals surface area contributed by atoms with Crippen molar-refractivity contribution in [3.63, 3.8) is 0 Å². The molecule has 9 heteroatoms. The minimum absolute atomic E-state index is 0.0616. The molecule has 2 aromatic carbocycles. The Balaban J connectivity index is 2.04. The highest BCUT2D eigenvalue weighted by Crippen LogP contribution is 2.42. The van der Waals surface area contributed by atoms with Gasteiger partial charge in [-0.25, -0.2) is 0 Å². The van der Waals surface area contributed by atoms with E-state index >= 15 is 0 Å². The summed E-state index contributed by atoms with van der Waals surface area (Å²) in [6.45, 7) is 7.94. The summed E-state index contributed by atoms with van der Waals surface area (Å²) in [7, 11) is 0. The molecule has 0 saturated heterocycles. The van der Waals surface area contributed by atoms with Crippen LogP contribution in [0.2, 0.25) is 5.02 Å². The third-order valence-electron chi connectivity index (χ3n) is 6.61. The molecule has 0 spiro atoms. The van der Waals surface area contributed by atoms with Crippen LogP contribution in [0.3, 0.4) is 0 Å². The summed E-state index contributed by atoms with van der Waals surface area (Å²) in [6, 6.07) is 11.1. The van der Waals surface area contributed by atoms with Crippen molar-refractivity contribution in [2.24, 2.45) is 5.41 Å². The summed E-state index contributed by atoms with van der Waals surface area (Å²) in [6.07, 6.45) is -1.78. The lowest BCUT2D eigenvalue weighted by molar-refractivity contribution is -0.138. The van der Waals surface area contributed by atoms with Crippen LogP contribution in [-0.4, -0.2) is 53.8 Å². The fraction of sp³-hybridized carbons (Fsp3) is 0.464. The number of carboxylic acids is 1. The Hall–Kier alpha value is -2.94. The molecule has 200 valence electrons. The summed E-state index contributed by atoms with van der Waals surface area (Å²) in [5.41, 5.74) is 3.64. The Morgan fingerprint density at radius 1 is 1.16 bits per heavy atom. The van der Waals surface area contributed by atoms with Crippen molar-refractivity contribution < 1.29 is 29.3 Å². The predicted octanol–water partition coefficient (Wildman–Crippen LogP) is 4.17. The molecule has 1 aliphatic rings. The number of benzene rings is 2. The van der Waals surface area contributed by atoms with E-state index in [-0.39, 0.29) is 39.0 Å². The minimum Gasteiger partial charge on any atom is -0.481 e. The lowest BCUT2D eigenvalue weighted by atomic mass is 9.91. The molecule has 2 atom stereocenters. The number of nitrogens with zero attached hydrogens (tertiary/aromatic N) is 1. The molecule has 0 unspecified atom stereocenters. The molecule has 2 aromatic rings. The average Bonchev–Trinajstić information content (AvgIpc) is 2.94. The van der Waals surface area contributed by atoms with Crippen LogP contribution in [0, 0.1) is 19.3 Å². The summed E-state index contributed by atoms with van der Waals surface area (Å²) < 4.78 is 6.45. The summed E-state index contributed by atoms with van der Waals surface area (Å²) in [5, 5.41) is 21.9. The van der Waals surface area contributed by atoms with Gasteiger partial charge in [0.1, 0.15) is 12.2 Å². The molecule has 3 rings (SSSR count). The number of carbonyl (C=O) groups is 3. The van der Waals surface area contributed by atoms with Gasteiger partial charge in [-0.2, -0.15) is 0 Å². The maximum atomic E-state index is 13.9. The van der Waals surface area contributed by atoms with Gasteiger partial charge >= 0.3 is 5.97 Å². The van der Waals surface area contributed by atoms with Crippen LogP contribution >= 0.6 is 11.6 Å². The van der Waals surface area contributed by atoms with Crippen LogP contribution in [0.1, 0.15) is 61.5 Å². The maximum Gasteiger partial charge on any atom is 0.303 e. The molecule has 8 nitrogen and oxygen atoms in total. The van der Waals surface area contributed by atoms with Crippen molar-refractivity contribution in [2.45, 2.75) is 59.2 Å². The molecule has 0 saturated carbocycles. The number of anilines is 1. The largest absolute Gasteiger partial charge is 0.481 e. The number of amides is 2. The summed E-state index contributed by atoms with van der Waals surface area (Å²) >= 11 is 6.41. The number of fused-ring (bicyclic) bond motifs is 1. The first-order chi connectivity index (χ1) is 17.4. The van der Waals surface area contributed by atoms with Crippen molar-refractivity contribution in [1.82, 2.24) is 5.32 Å². The number of aliphatic hydroxyl groups is 1. The van der Waals surface area contributed by atoms with E-state index in [9.17, 15) is 19.5 Å². The van der Waals surface area contributed by atoms with Gasteiger partial charge in [-0.3, -0.25) is 14.4 Å². The van der Waals surface area contributed by atoms with E-state index in [4.69, 9.17) is 21.4 Å². The highest BCUT2D eigenvalue weighted by Gasteiger charge is 2.40. The van der Waals surface area contributed by atoms with Crippen LogP contribution in [0.4, 0.5) is 5.69 Å². The minimum atomic E-state index is -1.11. The number of hydrogen-bond donors (Lipinski definition) is 3. The van der Waals surface area contributed by atoms with Crippen LogP contribution < -0.4 is 10.2 Å². The fourth-order valence-corrected chi connectivity index (χ4v) is 4.53. The molecule has 2 amide bonds. The van der Waals surface area contributed by atoms with Gasteiger partial charge < -0.3 is 25.2 Å². The Morgan fingerprint density at radius 3 is 2.57 bits per heavy atom. The van der Waals surface area contributed by atoms with Crippen LogP contribution in [0.15, 0.2) is 36.4 Å². The summed E-state index contributed by atoms with van der Waals surface area (Å²) in [4.78, 5) is 39.0. The highest BCUT2D eigenvalue weighted by atomic mass is 35.5. The van der Waals surface area contributed by atoms with Gasteiger partial charge in [0.15, 0.2) is 0 Å². The molecular formula is C28H35ClN2O6. The number of aryl methyl sites for hydroxylation is 1. The number of nitrogens with one attached hydrogen (secondary N) is 1. The van der Waals surface area contributed by atoms with E-state index in [0.29, 0.717) is 16.3 Å². The fourth-order valence-electron chi connectivity index (χ4n) is 4.35. The van der Waals surface area contributed by atoms with Crippen molar-refractivity contribution in [3.8, 4) is 0 Å². The Labute approximate surface area is 222 Å². The van der Waals surface area contributed by atoms with Crippen LogP contribution in [-0.2, 0) is 19.1 Å². The number of rotatable bonds is 10. The summed E-state index contributed by atoms with van der Waals surface area (Å²) in [5.74, 6) is -1.74. The zero-order valence-electron chi connectivity index (χ0n) is 21.7. The normalized spacial score (nSPS) is 17.8. The third-order valence-corrected chi connectivity index (χ3v) is 6.84. The number of carboxylic acid groups (broad SMARTS) is 1. The molecule has 0 radical (unpaired) electrons. The lowest BCUT2D eigenvalue weighted by Crippen LogP contribution is -2.46. The van der Waals surface area contributed by atoms with E-state index < -0.39 is 35.4 Å². The van der Waals surface area contributed by atoms with Gasteiger partial charge in [-0.15, -0.1) is 0 Å². The van der Waals surface area contributed by atoms with Gasteiger partial charge in [0.25, 0.3) is 5.91 Å². The van der Waals surface area contributed by atoms with E-state index in [1.54, 1.807) is 23.1 Å². The molecule has 3 N–H and O–H groups in total. The Bertz CT molecular complexity index is 1170. The monoisotopic (exact) mass is 530 g/mol. The first kappa shape index (κ1) is 28.6. The van der Waals surface area contributed by atoms with E-state index in [1.165, 1.54) is 0 Å². The van der Waals surface area contributed by atoms with Crippen molar-refractivity contribution in [2.75, 3.05) is 24.6 Å².